The van der Waals surface area contributed by atoms with Crippen LogP contribution in [0.3, 0.4) is 0 Å². The average molecular weight is 443 g/mol. The van der Waals surface area contributed by atoms with Crippen LogP contribution in [-0.4, -0.2) is 74.6 Å². The molecule has 1 saturated heterocycles. The predicted molar refractivity (Wildman–Crippen MR) is 119 cm³/mol. The quantitative estimate of drug-likeness (QED) is 0.559. The monoisotopic (exact) mass is 442 g/mol. The number of rotatable bonds is 7. The summed E-state index contributed by atoms with van der Waals surface area (Å²) in [4.78, 5) is 25.7. The first-order valence-electron chi connectivity index (χ1n) is 10.6. The molecule has 1 aromatic carbocycles. The molecule has 4 rings (SSSR count). The van der Waals surface area contributed by atoms with E-state index in [0.29, 0.717) is 30.2 Å². The largest absolute Gasteiger partial charge is 0.492 e. The lowest BCUT2D eigenvalue weighted by Gasteiger charge is -2.34. The van der Waals surface area contributed by atoms with E-state index in [1.807, 2.05) is 43.0 Å². The van der Waals surface area contributed by atoms with Crippen molar-refractivity contribution in [3.63, 3.8) is 0 Å². The van der Waals surface area contributed by atoms with Gasteiger partial charge in [-0.05, 0) is 50.1 Å². The molecule has 31 heavy (non-hydrogen) atoms. The van der Waals surface area contributed by atoms with Crippen LogP contribution in [0, 0.1) is 13.8 Å². The molecule has 1 aliphatic rings. The zero-order valence-corrected chi connectivity index (χ0v) is 18.7. The molecule has 1 aliphatic heterocycles. The van der Waals surface area contributed by atoms with E-state index in [0.717, 1.165) is 55.4 Å². The number of hydrogen-bond acceptors (Lipinski definition) is 6. The number of hydrogen-bond donors (Lipinski definition) is 0. The summed E-state index contributed by atoms with van der Waals surface area (Å²) in [5, 5.41) is 4.92. The highest BCUT2D eigenvalue weighted by molar-refractivity contribution is 6.30. The predicted octanol–water partition coefficient (Wildman–Crippen LogP) is 2.55. The Bertz CT molecular complexity index is 1040. The van der Waals surface area contributed by atoms with Crippen LogP contribution >= 0.6 is 11.6 Å². The first kappa shape index (κ1) is 21.5. The van der Waals surface area contributed by atoms with Crippen LogP contribution in [0.25, 0.3) is 5.78 Å². The maximum absolute atomic E-state index is 12.8. The first-order chi connectivity index (χ1) is 15.0. The molecule has 3 aromatic rings. The van der Waals surface area contributed by atoms with Crippen molar-refractivity contribution in [2.24, 2.45) is 0 Å². The maximum atomic E-state index is 12.8. The molecular weight excluding hydrogens is 416 g/mol. The Labute approximate surface area is 186 Å². The van der Waals surface area contributed by atoms with Gasteiger partial charge < -0.3 is 9.64 Å². The van der Waals surface area contributed by atoms with Crippen LogP contribution in [-0.2, 0) is 11.2 Å². The number of carbonyl (C=O) groups excluding carboxylic acids is 1. The van der Waals surface area contributed by atoms with Crippen molar-refractivity contribution in [3.8, 4) is 5.75 Å². The van der Waals surface area contributed by atoms with Crippen molar-refractivity contribution < 1.29 is 9.53 Å². The van der Waals surface area contributed by atoms with Gasteiger partial charge in [0.05, 0.1) is 0 Å². The summed E-state index contributed by atoms with van der Waals surface area (Å²) >= 11 is 5.89. The molecule has 0 bridgehead atoms. The van der Waals surface area contributed by atoms with Crippen molar-refractivity contribution in [1.82, 2.24) is 29.4 Å². The summed E-state index contributed by atoms with van der Waals surface area (Å²) in [5.41, 5.74) is 2.99. The zero-order valence-electron chi connectivity index (χ0n) is 17.9. The van der Waals surface area contributed by atoms with Gasteiger partial charge in [-0.15, -0.1) is 0 Å². The molecule has 164 valence electrons. The summed E-state index contributed by atoms with van der Waals surface area (Å²) < 4.78 is 7.51. The van der Waals surface area contributed by atoms with E-state index in [1.54, 1.807) is 4.52 Å². The summed E-state index contributed by atoms with van der Waals surface area (Å²) in [6, 6.07) is 7.39. The van der Waals surface area contributed by atoms with Crippen molar-refractivity contribution >= 4 is 23.3 Å². The number of aromatic nitrogens is 4. The second-order valence-corrected chi connectivity index (χ2v) is 8.19. The fourth-order valence-electron chi connectivity index (χ4n) is 3.95. The van der Waals surface area contributed by atoms with E-state index in [2.05, 4.69) is 20.0 Å². The molecule has 0 N–H and O–H groups in total. The average Bonchev–Trinajstić information content (AvgIpc) is 3.24. The van der Waals surface area contributed by atoms with E-state index in [-0.39, 0.29) is 5.91 Å². The summed E-state index contributed by atoms with van der Waals surface area (Å²) in [7, 11) is 0. The Morgan fingerprint density at radius 2 is 1.87 bits per heavy atom. The first-order valence-corrected chi connectivity index (χ1v) is 10.9. The third-order valence-electron chi connectivity index (χ3n) is 5.79. The van der Waals surface area contributed by atoms with Crippen LogP contribution in [0.4, 0.5) is 0 Å². The van der Waals surface area contributed by atoms with Crippen LogP contribution in [0.5, 0.6) is 5.75 Å². The Hall–Kier alpha value is -2.71. The number of halogens is 1. The van der Waals surface area contributed by atoms with Crippen molar-refractivity contribution in [3.05, 3.63) is 52.6 Å². The Kier molecular flexibility index (Phi) is 6.67. The Morgan fingerprint density at radius 3 is 2.61 bits per heavy atom. The molecule has 3 heterocycles. The van der Waals surface area contributed by atoms with E-state index >= 15 is 0 Å². The van der Waals surface area contributed by atoms with Crippen molar-refractivity contribution in [2.75, 3.05) is 39.3 Å². The molecular formula is C22H27ClN6O2. The Morgan fingerprint density at radius 1 is 1.13 bits per heavy atom. The van der Waals surface area contributed by atoms with Crippen LogP contribution in [0.2, 0.25) is 5.02 Å². The summed E-state index contributed by atoms with van der Waals surface area (Å²) in [5.74, 6) is 1.61. The second kappa shape index (κ2) is 9.62. The topological polar surface area (TPSA) is 75.9 Å². The van der Waals surface area contributed by atoms with Gasteiger partial charge in [0.15, 0.2) is 0 Å². The van der Waals surface area contributed by atoms with E-state index < -0.39 is 0 Å². The molecule has 0 unspecified atom stereocenters. The lowest BCUT2D eigenvalue weighted by Crippen LogP contribution is -2.49. The number of piperazine rings is 1. The molecule has 0 saturated carbocycles. The van der Waals surface area contributed by atoms with Gasteiger partial charge in [-0.1, -0.05) is 11.6 Å². The molecule has 8 nitrogen and oxygen atoms in total. The summed E-state index contributed by atoms with van der Waals surface area (Å²) in [6.45, 7) is 8.64. The summed E-state index contributed by atoms with van der Waals surface area (Å²) in [6.07, 6.45) is 2.64. The van der Waals surface area contributed by atoms with E-state index in [1.165, 1.54) is 6.33 Å². The molecule has 9 heteroatoms. The van der Waals surface area contributed by atoms with Gasteiger partial charge in [0, 0.05) is 55.6 Å². The molecule has 2 aromatic heterocycles. The van der Waals surface area contributed by atoms with Gasteiger partial charge >= 0.3 is 0 Å². The number of aryl methyl sites for hydroxylation is 2. The highest BCUT2D eigenvalue weighted by Gasteiger charge is 2.21. The smallest absolute Gasteiger partial charge is 0.252 e. The minimum absolute atomic E-state index is 0.189. The minimum atomic E-state index is 0.189. The number of amides is 1. The maximum Gasteiger partial charge on any atom is 0.252 e. The zero-order chi connectivity index (χ0) is 21.8. The lowest BCUT2D eigenvalue weighted by molar-refractivity contribution is -0.132. The molecule has 0 atom stereocenters. The Balaban J connectivity index is 1.22. The molecule has 0 aliphatic carbocycles. The standard InChI is InChI=1S/C22H27ClN6O2/c1-16-20(17(2)29-22(26-16)24-15-25-29)7-8-21(30)28-11-9-27(10-12-28)13-14-31-19-5-3-18(23)4-6-19/h3-6,15H,7-14H2,1-2H3. The SMILES string of the molecule is Cc1nc2ncnn2c(C)c1CCC(=O)N1CCN(CCOc2ccc(Cl)cc2)CC1. The lowest BCUT2D eigenvalue weighted by atomic mass is 10.1. The van der Waals surface area contributed by atoms with Crippen LogP contribution < -0.4 is 4.74 Å². The van der Waals surface area contributed by atoms with Crippen LogP contribution in [0.15, 0.2) is 30.6 Å². The van der Waals surface area contributed by atoms with Crippen molar-refractivity contribution in [1.29, 1.82) is 0 Å². The molecule has 0 radical (unpaired) electrons. The van der Waals surface area contributed by atoms with Gasteiger partial charge in [0.25, 0.3) is 5.78 Å². The van der Waals surface area contributed by atoms with Crippen LogP contribution in [0.1, 0.15) is 23.4 Å². The minimum Gasteiger partial charge on any atom is -0.492 e. The fourth-order valence-corrected chi connectivity index (χ4v) is 4.08. The highest BCUT2D eigenvalue weighted by atomic mass is 35.5. The molecule has 1 amide bonds. The number of fused-ring (bicyclic) bond motifs is 1. The number of carbonyl (C=O) groups is 1. The number of nitrogens with zero attached hydrogens (tertiary/aromatic N) is 6. The highest BCUT2D eigenvalue weighted by Crippen LogP contribution is 2.17. The second-order valence-electron chi connectivity index (χ2n) is 7.76. The molecule has 0 spiro atoms. The third-order valence-corrected chi connectivity index (χ3v) is 6.04. The molecule has 1 fully saturated rings. The number of benzene rings is 1. The van der Waals surface area contributed by atoms with Gasteiger partial charge in [-0.2, -0.15) is 10.1 Å². The van der Waals surface area contributed by atoms with Gasteiger partial charge in [0.1, 0.15) is 18.7 Å². The van der Waals surface area contributed by atoms with Crippen molar-refractivity contribution in [2.45, 2.75) is 26.7 Å². The normalized spacial score (nSPS) is 14.9. The number of ether oxygens (including phenoxy) is 1. The van der Waals surface area contributed by atoms with Gasteiger partial charge in [-0.3, -0.25) is 9.69 Å². The van der Waals surface area contributed by atoms with Gasteiger partial charge in [0.2, 0.25) is 5.91 Å². The van der Waals surface area contributed by atoms with E-state index in [4.69, 9.17) is 16.3 Å². The third kappa shape index (κ3) is 5.14. The van der Waals surface area contributed by atoms with E-state index in [9.17, 15) is 4.79 Å². The van der Waals surface area contributed by atoms with Gasteiger partial charge in [-0.25, -0.2) is 9.50 Å². The fraction of sp³-hybridized carbons (Fsp3) is 0.455.